The van der Waals surface area contributed by atoms with E-state index in [0.29, 0.717) is 0 Å². The maximum Gasteiger partial charge on any atom is 0.242 e. The first-order valence-electron chi connectivity index (χ1n) is 5.00. The fourth-order valence-corrected chi connectivity index (χ4v) is 1.08. The lowest BCUT2D eigenvalue weighted by Gasteiger charge is -2.25. The molecule has 0 saturated carbocycles. The van der Waals surface area contributed by atoms with Crippen molar-refractivity contribution in [2.75, 3.05) is 5.32 Å². The Balaban J connectivity index is 2.72. The van der Waals surface area contributed by atoms with Crippen molar-refractivity contribution in [1.29, 1.82) is 0 Å². The first-order chi connectivity index (χ1) is 7.30. The molecule has 1 aromatic heterocycles. The van der Waals surface area contributed by atoms with Crippen LogP contribution in [0.1, 0.15) is 20.8 Å². The van der Waals surface area contributed by atoms with Gasteiger partial charge in [0.2, 0.25) is 11.9 Å². The zero-order valence-electron chi connectivity index (χ0n) is 9.62. The van der Waals surface area contributed by atoms with Crippen LogP contribution in [0, 0.1) is 11.4 Å². The Labute approximate surface area is 94.1 Å². The number of aromatic nitrogens is 1. The molecular weight excluding hydrogens is 209 g/mol. The van der Waals surface area contributed by atoms with E-state index in [2.05, 4.69) is 10.3 Å². The van der Waals surface area contributed by atoms with Crippen molar-refractivity contribution in [3.63, 3.8) is 0 Å². The maximum atomic E-state index is 12.8. The summed E-state index contributed by atoms with van der Waals surface area (Å²) in [5, 5.41) is 2.47. The highest BCUT2D eigenvalue weighted by Gasteiger charge is 2.27. The van der Waals surface area contributed by atoms with Crippen LogP contribution >= 0.6 is 0 Å². The zero-order valence-corrected chi connectivity index (χ0v) is 9.62. The molecule has 0 aliphatic carbocycles. The number of halogens is 1. The number of nitrogens with one attached hydrogen (secondary N) is 1. The summed E-state index contributed by atoms with van der Waals surface area (Å²) >= 11 is 0. The van der Waals surface area contributed by atoms with Gasteiger partial charge in [-0.1, -0.05) is 26.8 Å². The number of pyridine rings is 1. The highest BCUT2D eigenvalue weighted by molar-refractivity contribution is 5.94. The molecule has 0 spiro atoms. The largest absolute Gasteiger partial charge is 0.319 e. The van der Waals surface area contributed by atoms with Crippen LogP contribution in [0.15, 0.2) is 18.2 Å². The lowest BCUT2D eigenvalue weighted by atomic mass is 9.87. The maximum absolute atomic E-state index is 12.8. The minimum Gasteiger partial charge on any atom is -0.319 e. The van der Waals surface area contributed by atoms with E-state index >= 15 is 0 Å². The fraction of sp³-hybridized carbons (Fsp3) is 0.455. The molecular formula is C11H16FN3O. The molecule has 88 valence electrons. The number of hydrogen-bond donors (Lipinski definition) is 2. The van der Waals surface area contributed by atoms with Crippen molar-refractivity contribution in [2.45, 2.75) is 26.8 Å². The van der Waals surface area contributed by atoms with Gasteiger partial charge in [-0.05, 0) is 17.5 Å². The molecule has 0 unspecified atom stereocenters. The van der Waals surface area contributed by atoms with E-state index in [1.807, 2.05) is 20.8 Å². The average Bonchev–Trinajstić information content (AvgIpc) is 2.15. The van der Waals surface area contributed by atoms with E-state index in [9.17, 15) is 9.18 Å². The van der Waals surface area contributed by atoms with E-state index < -0.39 is 12.0 Å². The number of nitrogens with two attached hydrogens (primary N) is 1. The second-order valence-corrected chi connectivity index (χ2v) is 4.68. The summed E-state index contributed by atoms with van der Waals surface area (Å²) in [6, 6.07) is 3.52. The molecule has 3 N–H and O–H groups in total. The van der Waals surface area contributed by atoms with Crippen molar-refractivity contribution in [3.05, 3.63) is 24.1 Å². The van der Waals surface area contributed by atoms with Crippen LogP contribution in [0.4, 0.5) is 10.2 Å². The molecule has 0 saturated heterocycles. The lowest BCUT2D eigenvalue weighted by molar-refractivity contribution is -0.119. The predicted molar refractivity (Wildman–Crippen MR) is 60.3 cm³/mol. The number of amides is 1. The third-order valence-corrected chi connectivity index (χ3v) is 2.18. The predicted octanol–water partition coefficient (Wildman–Crippen LogP) is 1.53. The van der Waals surface area contributed by atoms with Crippen molar-refractivity contribution in [3.8, 4) is 0 Å². The van der Waals surface area contributed by atoms with Crippen LogP contribution < -0.4 is 11.1 Å². The van der Waals surface area contributed by atoms with Gasteiger partial charge in [0.05, 0.1) is 6.04 Å². The molecule has 1 heterocycles. The number of carbonyl (C=O) groups is 1. The second kappa shape index (κ2) is 4.57. The van der Waals surface area contributed by atoms with Crippen LogP contribution in [-0.2, 0) is 4.79 Å². The Bertz CT molecular complexity index is 387. The van der Waals surface area contributed by atoms with Crippen LogP contribution in [-0.4, -0.2) is 16.9 Å². The topological polar surface area (TPSA) is 68.0 Å². The highest BCUT2D eigenvalue weighted by atomic mass is 19.1. The van der Waals surface area contributed by atoms with Crippen LogP contribution in [0.2, 0.25) is 0 Å². The summed E-state index contributed by atoms with van der Waals surface area (Å²) in [7, 11) is 0. The van der Waals surface area contributed by atoms with Gasteiger partial charge in [-0.2, -0.15) is 4.39 Å². The van der Waals surface area contributed by atoms with Crippen molar-refractivity contribution in [2.24, 2.45) is 11.1 Å². The molecule has 4 nitrogen and oxygen atoms in total. The van der Waals surface area contributed by atoms with Crippen molar-refractivity contribution >= 4 is 11.7 Å². The van der Waals surface area contributed by atoms with Gasteiger partial charge in [0.25, 0.3) is 0 Å². The molecule has 16 heavy (non-hydrogen) atoms. The van der Waals surface area contributed by atoms with Gasteiger partial charge in [-0.15, -0.1) is 0 Å². The summed E-state index contributed by atoms with van der Waals surface area (Å²) in [6.45, 7) is 5.57. The highest BCUT2D eigenvalue weighted by Crippen LogP contribution is 2.18. The van der Waals surface area contributed by atoms with Gasteiger partial charge in [0.1, 0.15) is 5.82 Å². The van der Waals surface area contributed by atoms with Crippen molar-refractivity contribution < 1.29 is 9.18 Å². The van der Waals surface area contributed by atoms with Gasteiger partial charge in [0.15, 0.2) is 0 Å². The molecule has 1 aromatic rings. The Morgan fingerprint density at radius 3 is 2.62 bits per heavy atom. The quantitative estimate of drug-likeness (QED) is 0.750. The number of hydrogen-bond acceptors (Lipinski definition) is 3. The second-order valence-electron chi connectivity index (χ2n) is 4.68. The Kier molecular flexibility index (Phi) is 3.59. The minimum atomic E-state index is -0.669. The third kappa shape index (κ3) is 3.27. The van der Waals surface area contributed by atoms with Gasteiger partial charge < -0.3 is 11.1 Å². The molecule has 0 aliphatic heterocycles. The van der Waals surface area contributed by atoms with Gasteiger partial charge in [-0.25, -0.2) is 4.98 Å². The van der Waals surface area contributed by atoms with Crippen molar-refractivity contribution in [1.82, 2.24) is 4.98 Å². The van der Waals surface area contributed by atoms with E-state index in [4.69, 9.17) is 5.73 Å². The standard InChI is InChI=1S/C11H16FN3O/c1-11(2,3)9(13)10(16)15-8-6-4-5-7(12)14-8/h4-6,9H,13H2,1-3H3,(H,14,15,16)/t9-/m1/s1. The summed E-state index contributed by atoms with van der Waals surface area (Å²) in [4.78, 5) is 15.2. The summed E-state index contributed by atoms with van der Waals surface area (Å²) in [6.07, 6.45) is 0. The molecule has 0 aliphatic rings. The number of nitrogens with zero attached hydrogens (tertiary/aromatic N) is 1. The van der Waals surface area contributed by atoms with Gasteiger partial charge in [0, 0.05) is 0 Å². The number of anilines is 1. The molecule has 0 bridgehead atoms. The summed E-state index contributed by atoms with van der Waals surface area (Å²) in [5.74, 6) is -0.836. The molecule has 5 heteroatoms. The van der Waals surface area contributed by atoms with E-state index in [-0.39, 0.29) is 17.1 Å². The van der Waals surface area contributed by atoms with E-state index in [1.54, 1.807) is 0 Å². The first-order valence-corrected chi connectivity index (χ1v) is 5.00. The van der Waals surface area contributed by atoms with Crippen LogP contribution in [0.3, 0.4) is 0 Å². The SMILES string of the molecule is CC(C)(C)[C@H](N)C(=O)Nc1cccc(F)n1. The molecule has 1 rings (SSSR count). The smallest absolute Gasteiger partial charge is 0.242 e. The molecule has 0 aromatic carbocycles. The Morgan fingerprint density at radius 2 is 2.12 bits per heavy atom. The fourth-order valence-electron chi connectivity index (χ4n) is 1.08. The van der Waals surface area contributed by atoms with E-state index in [0.717, 1.165) is 0 Å². The molecule has 1 amide bonds. The van der Waals surface area contributed by atoms with E-state index in [1.165, 1.54) is 18.2 Å². The Morgan fingerprint density at radius 1 is 1.50 bits per heavy atom. The summed E-state index contributed by atoms with van der Waals surface area (Å²) in [5.41, 5.74) is 5.40. The van der Waals surface area contributed by atoms with Crippen LogP contribution in [0.25, 0.3) is 0 Å². The van der Waals surface area contributed by atoms with Crippen LogP contribution in [0.5, 0.6) is 0 Å². The average molecular weight is 225 g/mol. The summed E-state index contributed by atoms with van der Waals surface area (Å²) < 4.78 is 12.8. The zero-order chi connectivity index (χ0) is 12.3. The van der Waals surface area contributed by atoms with Gasteiger partial charge in [-0.3, -0.25) is 4.79 Å². The minimum absolute atomic E-state index is 0.171. The first kappa shape index (κ1) is 12.6. The molecule has 0 radical (unpaired) electrons. The number of rotatable bonds is 2. The normalized spacial score (nSPS) is 13.3. The monoisotopic (exact) mass is 225 g/mol. The molecule has 0 fully saturated rings. The molecule has 1 atom stereocenters. The van der Waals surface area contributed by atoms with Gasteiger partial charge >= 0.3 is 0 Å². The number of carbonyl (C=O) groups excluding carboxylic acids is 1. The third-order valence-electron chi connectivity index (χ3n) is 2.18. The lowest BCUT2D eigenvalue weighted by Crippen LogP contribution is -2.45. The Hall–Kier alpha value is -1.49.